The van der Waals surface area contributed by atoms with Crippen molar-refractivity contribution in [1.82, 2.24) is 0 Å². The van der Waals surface area contributed by atoms with E-state index in [1.165, 1.54) is 0 Å². The molecule has 0 heterocycles. The quantitative estimate of drug-likeness (QED) is 0.448. The SMILES string of the molecule is N#CCCCOc1ccc(Br)cc1C=NNc1ccccc1. The summed E-state index contributed by atoms with van der Waals surface area (Å²) in [6.07, 6.45) is 2.93. The molecule has 0 fully saturated rings. The van der Waals surface area contributed by atoms with Crippen LogP contribution in [0.1, 0.15) is 18.4 Å². The van der Waals surface area contributed by atoms with Crippen LogP contribution in [0.4, 0.5) is 5.69 Å². The van der Waals surface area contributed by atoms with Gasteiger partial charge in [0.15, 0.2) is 0 Å². The number of benzene rings is 2. The number of nitriles is 1. The molecular formula is C17H16BrN3O. The largest absolute Gasteiger partial charge is 0.493 e. The zero-order valence-corrected chi connectivity index (χ0v) is 13.6. The molecule has 2 rings (SSSR count). The molecule has 0 spiro atoms. The third kappa shape index (κ3) is 5.23. The summed E-state index contributed by atoms with van der Waals surface area (Å²) in [5.41, 5.74) is 4.76. The van der Waals surface area contributed by atoms with Gasteiger partial charge in [-0.1, -0.05) is 34.1 Å². The molecule has 0 radical (unpaired) electrons. The molecule has 0 bridgehead atoms. The van der Waals surface area contributed by atoms with Crippen molar-refractivity contribution in [2.24, 2.45) is 5.10 Å². The topological polar surface area (TPSA) is 57.4 Å². The van der Waals surface area contributed by atoms with Crippen molar-refractivity contribution in [1.29, 1.82) is 5.26 Å². The number of rotatable bonds is 7. The normalized spacial score (nSPS) is 10.4. The first-order chi connectivity index (χ1) is 10.8. The number of para-hydroxylation sites is 1. The summed E-state index contributed by atoms with van der Waals surface area (Å²) >= 11 is 3.45. The van der Waals surface area contributed by atoms with Crippen molar-refractivity contribution >= 4 is 27.8 Å². The molecular weight excluding hydrogens is 342 g/mol. The highest BCUT2D eigenvalue weighted by molar-refractivity contribution is 9.10. The van der Waals surface area contributed by atoms with E-state index >= 15 is 0 Å². The summed E-state index contributed by atoms with van der Waals surface area (Å²) in [6.45, 7) is 0.516. The van der Waals surface area contributed by atoms with Gasteiger partial charge in [-0.2, -0.15) is 10.4 Å². The fourth-order valence-electron chi connectivity index (χ4n) is 1.77. The minimum absolute atomic E-state index is 0.496. The van der Waals surface area contributed by atoms with E-state index in [4.69, 9.17) is 10.00 Å². The Morgan fingerprint density at radius 2 is 2.05 bits per heavy atom. The van der Waals surface area contributed by atoms with Crippen LogP contribution in [0.3, 0.4) is 0 Å². The Bertz CT molecular complexity index is 665. The molecule has 2 aromatic rings. The van der Waals surface area contributed by atoms with Gasteiger partial charge in [-0.15, -0.1) is 0 Å². The number of hydrogen-bond donors (Lipinski definition) is 1. The Morgan fingerprint density at radius 3 is 2.82 bits per heavy atom. The lowest BCUT2D eigenvalue weighted by Crippen LogP contribution is -2.00. The average Bonchev–Trinajstić information content (AvgIpc) is 2.54. The van der Waals surface area contributed by atoms with Gasteiger partial charge in [0.05, 0.1) is 24.6 Å². The number of hydrogen-bond acceptors (Lipinski definition) is 4. The van der Waals surface area contributed by atoms with Gasteiger partial charge in [0.1, 0.15) is 5.75 Å². The molecule has 0 amide bonds. The van der Waals surface area contributed by atoms with Gasteiger partial charge in [-0.3, -0.25) is 5.43 Å². The molecule has 0 aliphatic rings. The van der Waals surface area contributed by atoms with Crippen molar-refractivity contribution < 1.29 is 4.74 Å². The Labute approximate surface area is 138 Å². The molecule has 0 aliphatic heterocycles. The third-order valence-corrected chi connectivity index (χ3v) is 3.33. The third-order valence-electron chi connectivity index (χ3n) is 2.83. The molecule has 0 atom stereocenters. The average molecular weight is 358 g/mol. The van der Waals surface area contributed by atoms with Crippen LogP contribution in [0.5, 0.6) is 5.75 Å². The molecule has 2 aromatic carbocycles. The molecule has 0 saturated carbocycles. The molecule has 5 heteroatoms. The molecule has 0 unspecified atom stereocenters. The number of ether oxygens (including phenoxy) is 1. The minimum atomic E-state index is 0.496. The second-order valence-electron chi connectivity index (χ2n) is 4.53. The molecule has 0 saturated heterocycles. The van der Waals surface area contributed by atoms with E-state index in [-0.39, 0.29) is 0 Å². The number of unbranched alkanes of at least 4 members (excludes halogenated alkanes) is 1. The lowest BCUT2D eigenvalue weighted by Gasteiger charge is -2.08. The molecule has 112 valence electrons. The van der Waals surface area contributed by atoms with Crippen LogP contribution in [0.25, 0.3) is 0 Å². The van der Waals surface area contributed by atoms with E-state index in [0.29, 0.717) is 19.4 Å². The van der Waals surface area contributed by atoms with Crippen LogP contribution < -0.4 is 10.2 Å². The summed E-state index contributed by atoms with van der Waals surface area (Å²) in [5.74, 6) is 0.750. The van der Waals surface area contributed by atoms with Crippen molar-refractivity contribution in [3.8, 4) is 11.8 Å². The van der Waals surface area contributed by atoms with Gasteiger partial charge >= 0.3 is 0 Å². The van der Waals surface area contributed by atoms with Crippen LogP contribution >= 0.6 is 15.9 Å². The first-order valence-corrected chi connectivity index (χ1v) is 7.72. The van der Waals surface area contributed by atoms with Crippen molar-refractivity contribution in [3.63, 3.8) is 0 Å². The fraction of sp³-hybridized carbons (Fsp3) is 0.176. The maximum Gasteiger partial charge on any atom is 0.128 e. The lowest BCUT2D eigenvalue weighted by atomic mass is 10.2. The van der Waals surface area contributed by atoms with Crippen LogP contribution in [0, 0.1) is 11.3 Å². The van der Waals surface area contributed by atoms with Crippen LogP contribution in [0.15, 0.2) is 58.1 Å². The molecule has 4 nitrogen and oxygen atoms in total. The van der Waals surface area contributed by atoms with Gasteiger partial charge in [-0.05, 0) is 36.8 Å². The second kappa shape index (κ2) is 8.85. The highest BCUT2D eigenvalue weighted by Gasteiger charge is 2.02. The van der Waals surface area contributed by atoms with Crippen LogP contribution in [-0.4, -0.2) is 12.8 Å². The number of nitrogens with one attached hydrogen (secondary N) is 1. The standard InChI is InChI=1S/C17H16BrN3O/c18-15-8-9-17(22-11-5-4-10-19)14(12-15)13-20-21-16-6-2-1-3-7-16/h1-3,6-9,12-13,21H,4-5,11H2. The minimum Gasteiger partial charge on any atom is -0.493 e. The fourth-order valence-corrected chi connectivity index (χ4v) is 2.15. The van der Waals surface area contributed by atoms with Gasteiger partial charge in [0.2, 0.25) is 0 Å². The summed E-state index contributed by atoms with van der Waals surface area (Å²) < 4.78 is 6.66. The van der Waals surface area contributed by atoms with Gasteiger partial charge < -0.3 is 4.74 Å². The maximum atomic E-state index is 8.54. The number of anilines is 1. The van der Waals surface area contributed by atoms with Gasteiger partial charge in [0.25, 0.3) is 0 Å². The second-order valence-corrected chi connectivity index (χ2v) is 5.44. The number of halogens is 1. The van der Waals surface area contributed by atoms with E-state index in [1.807, 2.05) is 48.5 Å². The van der Waals surface area contributed by atoms with Gasteiger partial charge in [0, 0.05) is 16.5 Å². The van der Waals surface area contributed by atoms with E-state index in [0.717, 1.165) is 21.5 Å². The summed E-state index contributed by atoms with van der Waals surface area (Å²) in [6, 6.07) is 17.6. The number of nitrogens with zero attached hydrogens (tertiary/aromatic N) is 2. The lowest BCUT2D eigenvalue weighted by molar-refractivity contribution is 0.312. The Hall–Kier alpha value is -2.32. The summed E-state index contributed by atoms with van der Waals surface area (Å²) in [4.78, 5) is 0. The predicted octanol–water partition coefficient (Wildman–Crippen LogP) is 4.58. The highest BCUT2D eigenvalue weighted by Crippen LogP contribution is 2.22. The Balaban J connectivity index is 2.02. The monoisotopic (exact) mass is 357 g/mol. The van der Waals surface area contributed by atoms with Crippen LogP contribution in [-0.2, 0) is 0 Å². The van der Waals surface area contributed by atoms with Crippen molar-refractivity contribution in [2.45, 2.75) is 12.8 Å². The van der Waals surface area contributed by atoms with Gasteiger partial charge in [-0.25, -0.2) is 0 Å². The summed E-state index contributed by atoms with van der Waals surface area (Å²) in [5, 5.41) is 12.8. The molecule has 0 aliphatic carbocycles. The number of hydrazone groups is 1. The smallest absolute Gasteiger partial charge is 0.128 e. The van der Waals surface area contributed by atoms with E-state index < -0.39 is 0 Å². The van der Waals surface area contributed by atoms with E-state index in [2.05, 4.69) is 32.5 Å². The van der Waals surface area contributed by atoms with Crippen molar-refractivity contribution in [2.75, 3.05) is 12.0 Å². The van der Waals surface area contributed by atoms with Crippen molar-refractivity contribution in [3.05, 3.63) is 58.6 Å². The first kappa shape index (κ1) is 16.1. The zero-order chi connectivity index (χ0) is 15.6. The first-order valence-electron chi connectivity index (χ1n) is 6.93. The summed E-state index contributed by atoms with van der Waals surface area (Å²) in [7, 11) is 0. The molecule has 0 aromatic heterocycles. The van der Waals surface area contributed by atoms with Crippen LogP contribution in [0.2, 0.25) is 0 Å². The Kier molecular flexibility index (Phi) is 6.46. The van der Waals surface area contributed by atoms with E-state index in [9.17, 15) is 0 Å². The predicted molar refractivity (Wildman–Crippen MR) is 92.1 cm³/mol. The molecule has 22 heavy (non-hydrogen) atoms. The highest BCUT2D eigenvalue weighted by atomic mass is 79.9. The van der Waals surface area contributed by atoms with E-state index in [1.54, 1.807) is 6.21 Å². The maximum absolute atomic E-state index is 8.54. The zero-order valence-electron chi connectivity index (χ0n) is 12.0. The Morgan fingerprint density at radius 1 is 1.23 bits per heavy atom. The molecule has 1 N–H and O–H groups in total.